The summed E-state index contributed by atoms with van der Waals surface area (Å²) in [5.74, 6) is -0.324. The molecular formula is C11H19N3O4. The number of rotatable bonds is 6. The van der Waals surface area contributed by atoms with E-state index < -0.39 is 0 Å². The van der Waals surface area contributed by atoms with Crippen LogP contribution in [-0.4, -0.2) is 78.0 Å². The molecule has 1 rings (SSSR count). The first kappa shape index (κ1) is 14.4. The second-order valence-corrected chi connectivity index (χ2v) is 4.33. The Morgan fingerprint density at radius 2 is 2.11 bits per heavy atom. The fourth-order valence-corrected chi connectivity index (χ4v) is 1.74. The van der Waals surface area contributed by atoms with E-state index in [1.54, 1.807) is 14.1 Å². The van der Waals surface area contributed by atoms with E-state index >= 15 is 0 Å². The van der Waals surface area contributed by atoms with Crippen LogP contribution in [0.1, 0.15) is 12.8 Å². The summed E-state index contributed by atoms with van der Waals surface area (Å²) in [5, 5.41) is 8.69. The van der Waals surface area contributed by atoms with E-state index in [0.29, 0.717) is 13.0 Å². The van der Waals surface area contributed by atoms with Crippen molar-refractivity contribution in [3.63, 3.8) is 0 Å². The summed E-state index contributed by atoms with van der Waals surface area (Å²) < 4.78 is 0. The van der Waals surface area contributed by atoms with Crippen molar-refractivity contribution in [2.24, 2.45) is 0 Å². The minimum Gasteiger partial charge on any atom is -0.395 e. The third kappa shape index (κ3) is 3.43. The molecule has 0 saturated carbocycles. The molecule has 7 nitrogen and oxygen atoms in total. The van der Waals surface area contributed by atoms with Crippen molar-refractivity contribution in [2.75, 3.05) is 40.3 Å². The summed E-state index contributed by atoms with van der Waals surface area (Å²) in [6.07, 6.45) is 0.706. The summed E-state index contributed by atoms with van der Waals surface area (Å²) in [4.78, 5) is 38.5. The van der Waals surface area contributed by atoms with Gasteiger partial charge in [-0.3, -0.25) is 14.5 Å². The molecule has 0 radical (unpaired) electrons. The minimum atomic E-state index is -0.309. The smallest absolute Gasteiger partial charge is 0.326 e. The lowest BCUT2D eigenvalue weighted by molar-refractivity contribution is -0.131. The predicted molar refractivity (Wildman–Crippen MR) is 63.7 cm³/mol. The van der Waals surface area contributed by atoms with Crippen LogP contribution in [0.3, 0.4) is 0 Å². The van der Waals surface area contributed by atoms with Gasteiger partial charge in [-0.2, -0.15) is 0 Å². The van der Waals surface area contributed by atoms with Crippen LogP contribution in [0.5, 0.6) is 0 Å². The molecule has 0 aromatic carbocycles. The van der Waals surface area contributed by atoms with Gasteiger partial charge in [0.2, 0.25) is 11.8 Å². The van der Waals surface area contributed by atoms with Crippen molar-refractivity contribution in [1.82, 2.24) is 14.7 Å². The molecule has 0 spiro atoms. The van der Waals surface area contributed by atoms with E-state index in [0.717, 1.165) is 0 Å². The van der Waals surface area contributed by atoms with Gasteiger partial charge in [0.1, 0.15) is 6.54 Å². The Balaban J connectivity index is 2.32. The second kappa shape index (κ2) is 6.34. The van der Waals surface area contributed by atoms with E-state index in [9.17, 15) is 14.4 Å². The first-order chi connectivity index (χ1) is 8.47. The van der Waals surface area contributed by atoms with Gasteiger partial charge in [0.25, 0.3) is 0 Å². The van der Waals surface area contributed by atoms with E-state index in [-0.39, 0.29) is 44.0 Å². The van der Waals surface area contributed by atoms with Crippen molar-refractivity contribution in [1.29, 1.82) is 0 Å². The monoisotopic (exact) mass is 257 g/mol. The maximum atomic E-state index is 11.6. The molecule has 1 N–H and O–H groups in total. The summed E-state index contributed by atoms with van der Waals surface area (Å²) in [7, 11) is 3.18. The van der Waals surface area contributed by atoms with Gasteiger partial charge in [-0.15, -0.1) is 0 Å². The molecule has 1 saturated heterocycles. The number of nitrogens with zero attached hydrogens (tertiary/aromatic N) is 3. The SMILES string of the molecule is CN(CCO)C(=O)CCCN1C(=O)CN(C)C1=O. The molecule has 4 amide bonds. The van der Waals surface area contributed by atoms with Crippen molar-refractivity contribution in [2.45, 2.75) is 12.8 Å². The Morgan fingerprint density at radius 3 is 2.61 bits per heavy atom. The maximum Gasteiger partial charge on any atom is 0.326 e. The number of carbonyl (C=O) groups excluding carboxylic acids is 3. The molecule has 1 aliphatic rings. The standard InChI is InChI=1S/C11H19N3O4/c1-12(6-7-15)9(16)4-3-5-14-10(17)8-13(2)11(14)18/h15H,3-8H2,1-2H3. The largest absolute Gasteiger partial charge is 0.395 e. The van der Waals surface area contributed by atoms with Gasteiger partial charge in [0, 0.05) is 33.6 Å². The first-order valence-electron chi connectivity index (χ1n) is 5.87. The predicted octanol–water partition coefficient (Wildman–Crippen LogP) is -0.889. The van der Waals surface area contributed by atoms with Crippen LogP contribution in [-0.2, 0) is 9.59 Å². The minimum absolute atomic E-state index is 0.0733. The summed E-state index contributed by atoms with van der Waals surface area (Å²) >= 11 is 0. The Hall–Kier alpha value is -1.63. The molecule has 1 aliphatic heterocycles. The van der Waals surface area contributed by atoms with Gasteiger partial charge < -0.3 is 14.9 Å². The van der Waals surface area contributed by atoms with Gasteiger partial charge >= 0.3 is 6.03 Å². The lowest BCUT2D eigenvalue weighted by Gasteiger charge is -2.17. The zero-order valence-electron chi connectivity index (χ0n) is 10.8. The van der Waals surface area contributed by atoms with Gasteiger partial charge in [-0.25, -0.2) is 4.79 Å². The number of aliphatic hydroxyl groups is 1. The van der Waals surface area contributed by atoms with Crippen LogP contribution < -0.4 is 0 Å². The molecular weight excluding hydrogens is 238 g/mol. The van der Waals surface area contributed by atoms with Gasteiger partial charge in [-0.1, -0.05) is 0 Å². The fraction of sp³-hybridized carbons (Fsp3) is 0.727. The molecule has 1 fully saturated rings. The van der Waals surface area contributed by atoms with Crippen LogP contribution in [0.2, 0.25) is 0 Å². The molecule has 7 heteroatoms. The third-order valence-corrected chi connectivity index (χ3v) is 2.86. The fourth-order valence-electron chi connectivity index (χ4n) is 1.74. The van der Waals surface area contributed by atoms with Gasteiger partial charge in [0.15, 0.2) is 0 Å². The number of carbonyl (C=O) groups is 3. The molecule has 0 aromatic heterocycles. The molecule has 102 valence electrons. The Morgan fingerprint density at radius 1 is 1.44 bits per heavy atom. The molecule has 1 heterocycles. The summed E-state index contributed by atoms with van der Waals surface area (Å²) in [6, 6.07) is -0.309. The zero-order valence-corrected chi connectivity index (χ0v) is 10.8. The number of hydrogen-bond donors (Lipinski definition) is 1. The highest BCUT2D eigenvalue weighted by molar-refractivity contribution is 6.01. The van der Waals surface area contributed by atoms with E-state index in [2.05, 4.69) is 0 Å². The molecule has 0 atom stereocenters. The highest BCUT2D eigenvalue weighted by atomic mass is 16.3. The number of aliphatic hydroxyl groups excluding tert-OH is 1. The van der Waals surface area contributed by atoms with E-state index in [4.69, 9.17) is 5.11 Å². The van der Waals surface area contributed by atoms with Crippen molar-refractivity contribution in [3.05, 3.63) is 0 Å². The number of hydrogen-bond acceptors (Lipinski definition) is 4. The average molecular weight is 257 g/mol. The van der Waals surface area contributed by atoms with Crippen LogP contribution in [0.4, 0.5) is 4.79 Å². The molecule has 18 heavy (non-hydrogen) atoms. The van der Waals surface area contributed by atoms with Crippen molar-refractivity contribution < 1.29 is 19.5 Å². The normalized spacial score (nSPS) is 15.5. The zero-order chi connectivity index (χ0) is 13.7. The number of imide groups is 1. The third-order valence-electron chi connectivity index (χ3n) is 2.86. The lowest BCUT2D eigenvalue weighted by Crippen LogP contribution is -2.34. The van der Waals surface area contributed by atoms with Crippen LogP contribution >= 0.6 is 0 Å². The number of amides is 4. The first-order valence-corrected chi connectivity index (χ1v) is 5.87. The van der Waals surface area contributed by atoms with Crippen molar-refractivity contribution >= 4 is 17.8 Å². The highest BCUT2D eigenvalue weighted by Crippen LogP contribution is 2.09. The van der Waals surface area contributed by atoms with Crippen LogP contribution in [0.15, 0.2) is 0 Å². The lowest BCUT2D eigenvalue weighted by atomic mass is 10.2. The van der Waals surface area contributed by atoms with Gasteiger partial charge in [0.05, 0.1) is 6.61 Å². The number of likely N-dealkylation sites (N-methyl/N-ethyl adjacent to an activating group) is 2. The Labute approximate surface area is 106 Å². The van der Waals surface area contributed by atoms with E-state index in [1.807, 2.05) is 0 Å². The summed E-state index contributed by atoms with van der Waals surface area (Å²) in [5.41, 5.74) is 0. The Kier molecular flexibility index (Phi) is 5.08. The molecule has 0 bridgehead atoms. The van der Waals surface area contributed by atoms with Crippen LogP contribution in [0.25, 0.3) is 0 Å². The molecule has 0 aliphatic carbocycles. The van der Waals surface area contributed by atoms with Crippen LogP contribution in [0, 0.1) is 0 Å². The van der Waals surface area contributed by atoms with Gasteiger partial charge in [-0.05, 0) is 6.42 Å². The quantitative estimate of drug-likeness (QED) is 0.626. The maximum absolute atomic E-state index is 11.6. The van der Waals surface area contributed by atoms with E-state index in [1.165, 1.54) is 14.7 Å². The highest BCUT2D eigenvalue weighted by Gasteiger charge is 2.32. The Bertz CT molecular complexity index is 345. The molecule has 0 aromatic rings. The summed E-state index contributed by atoms with van der Waals surface area (Å²) in [6.45, 7) is 0.594. The second-order valence-electron chi connectivity index (χ2n) is 4.33. The van der Waals surface area contributed by atoms with Crippen molar-refractivity contribution in [3.8, 4) is 0 Å². The average Bonchev–Trinajstić information content (AvgIpc) is 2.55. The topological polar surface area (TPSA) is 81.2 Å². The molecule has 0 unspecified atom stereocenters. The number of urea groups is 1.